The van der Waals surface area contributed by atoms with E-state index in [1.165, 1.54) is 0 Å². The Bertz CT molecular complexity index is 1580. The highest BCUT2D eigenvalue weighted by Gasteiger charge is 2.42. The summed E-state index contributed by atoms with van der Waals surface area (Å²) in [6.07, 6.45) is 3.23. The van der Waals surface area contributed by atoms with Crippen molar-refractivity contribution in [1.82, 2.24) is 4.90 Å². The molecule has 6 rings (SSSR count). The van der Waals surface area contributed by atoms with Crippen LogP contribution in [-0.4, -0.2) is 24.2 Å². The van der Waals surface area contributed by atoms with Crippen LogP contribution in [0.5, 0.6) is 17.2 Å². The molecule has 8 heteroatoms. The second kappa shape index (κ2) is 10.1. The van der Waals surface area contributed by atoms with Gasteiger partial charge in [0.25, 0.3) is 5.91 Å². The van der Waals surface area contributed by atoms with E-state index >= 15 is 0 Å². The number of hydrogen-bond donors (Lipinski definition) is 0. The first-order chi connectivity index (χ1) is 18.5. The highest BCUT2D eigenvalue weighted by atomic mass is 35.5. The van der Waals surface area contributed by atoms with E-state index in [1.807, 2.05) is 42.5 Å². The van der Waals surface area contributed by atoms with Crippen LogP contribution in [0.15, 0.2) is 69.9 Å². The Morgan fingerprint density at radius 1 is 0.974 bits per heavy atom. The number of carbonyl (C=O) groups is 1. The molecule has 2 aliphatic rings. The van der Waals surface area contributed by atoms with E-state index in [0.29, 0.717) is 39.7 Å². The fourth-order valence-corrected chi connectivity index (χ4v) is 5.20. The second-order valence-electron chi connectivity index (χ2n) is 9.46. The van der Waals surface area contributed by atoms with Gasteiger partial charge in [0.05, 0.1) is 23.6 Å². The molecule has 194 valence electrons. The van der Waals surface area contributed by atoms with Gasteiger partial charge in [0.1, 0.15) is 11.3 Å². The lowest BCUT2D eigenvalue weighted by molar-refractivity contribution is 0.0714. The predicted molar refractivity (Wildman–Crippen MR) is 143 cm³/mol. The molecule has 0 saturated heterocycles. The van der Waals surface area contributed by atoms with Crippen molar-refractivity contribution >= 4 is 28.5 Å². The molecule has 0 saturated carbocycles. The molecule has 2 aliphatic heterocycles. The minimum Gasteiger partial charge on any atom is -0.494 e. The maximum absolute atomic E-state index is 13.8. The molecule has 1 atom stereocenters. The normalized spacial score (nSPS) is 15.8. The highest BCUT2D eigenvalue weighted by molar-refractivity contribution is 6.31. The maximum Gasteiger partial charge on any atom is 0.291 e. The summed E-state index contributed by atoms with van der Waals surface area (Å²) in [5.74, 6) is 1.74. The molecule has 1 amide bonds. The van der Waals surface area contributed by atoms with Crippen molar-refractivity contribution < 1.29 is 23.4 Å². The zero-order valence-corrected chi connectivity index (χ0v) is 21.6. The van der Waals surface area contributed by atoms with Gasteiger partial charge in [-0.2, -0.15) is 0 Å². The third kappa shape index (κ3) is 4.37. The summed E-state index contributed by atoms with van der Waals surface area (Å²) in [5, 5.41) is 0.766. The molecule has 3 aromatic carbocycles. The van der Waals surface area contributed by atoms with Crippen molar-refractivity contribution in [1.29, 1.82) is 0 Å². The largest absolute Gasteiger partial charge is 0.494 e. The van der Waals surface area contributed by atoms with Gasteiger partial charge >= 0.3 is 0 Å². The summed E-state index contributed by atoms with van der Waals surface area (Å²) in [6, 6.07) is 17.3. The minimum atomic E-state index is -0.642. The van der Waals surface area contributed by atoms with Crippen LogP contribution in [0, 0.1) is 0 Å². The highest BCUT2D eigenvalue weighted by Crippen LogP contribution is 2.41. The quantitative estimate of drug-likeness (QED) is 0.242. The van der Waals surface area contributed by atoms with E-state index in [2.05, 4.69) is 6.92 Å². The summed E-state index contributed by atoms with van der Waals surface area (Å²) >= 11 is 6.19. The first-order valence-electron chi connectivity index (χ1n) is 12.7. The third-order valence-corrected chi connectivity index (χ3v) is 7.17. The number of nitrogens with zero attached hydrogens (tertiary/aromatic N) is 1. The molecule has 7 nitrogen and oxygen atoms in total. The van der Waals surface area contributed by atoms with E-state index in [4.69, 9.17) is 30.2 Å². The van der Waals surface area contributed by atoms with Crippen molar-refractivity contribution in [2.24, 2.45) is 0 Å². The van der Waals surface area contributed by atoms with Crippen molar-refractivity contribution in [3.8, 4) is 17.2 Å². The fourth-order valence-electron chi connectivity index (χ4n) is 5.03. The smallest absolute Gasteiger partial charge is 0.291 e. The van der Waals surface area contributed by atoms with Crippen molar-refractivity contribution in [2.75, 3.05) is 13.4 Å². The van der Waals surface area contributed by atoms with Gasteiger partial charge in [0, 0.05) is 11.6 Å². The summed E-state index contributed by atoms with van der Waals surface area (Å²) in [7, 11) is 0. The number of amides is 1. The van der Waals surface area contributed by atoms with Crippen molar-refractivity contribution in [3.05, 3.63) is 98.4 Å². The van der Waals surface area contributed by atoms with Gasteiger partial charge in [-0.25, -0.2) is 0 Å². The fraction of sp³-hybridized carbons (Fsp3) is 0.267. The van der Waals surface area contributed by atoms with Gasteiger partial charge < -0.3 is 23.5 Å². The number of ether oxygens (including phenoxy) is 3. The Kier molecular flexibility index (Phi) is 6.45. The van der Waals surface area contributed by atoms with E-state index in [0.717, 1.165) is 36.1 Å². The van der Waals surface area contributed by atoms with Gasteiger partial charge in [-0.3, -0.25) is 9.59 Å². The lowest BCUT2D eigenvalue weighted by atomic mass is 9.98. The lowest BCUT2D eigenvalue weighted by Gasteiger charge is -2.25. The number of rotatable bonds is 8. The first-order valence-corrected chi connectivity index (χ1v) is 13.1. The maximum atomic E-state index is 13.8. The molecule has 0 bridgehead atoms. The molecular formula is C30H26ClNO6. The second-order valence-corrected chi connectivity index (χ2v) is 9.90. The molecule has 0 radical (unpaired) electrons. The zero-order valence-electron chi connectivity index (χ0n) is 20.9. The number of unbranched alkanes of at least 4 members (excludes halogenated alkanes) is 2. The van der Waals surface area contributed by atoms with Crippen molar-refractivity contribution in [2.45, 2.75) is 38.8 Å². The van der Waals surface area contributed by atoms with Crippen LogP contribution in [0.25, 0.3) is 11.0 Å². The molecule has 0 aliphatic carbocycles. The molecule has 0 fully saturated rings. The number of fused-ring (bicyclic) bond motifs is 3. The SMILES string of the molecule is CCCCCOc1ccc(C2c3c(oc4ccc(Cl)cc4c3=O)C(=O)N2Cc2ccc3c(c2)OCO3)cc1. The number of benzene rings is 3. The van der Waals surface area contributed by atoms with Crippen LogP contribution in [0.3, 0.4) is 0 Å². The molecule has 0 N–H and O–H groups in total. The zero-order chi connectivity index (χ0) is 26.2. The molecule has 38 heavy (non-hydrogen) atoms. The van der Waals surface area contributed by atoms with Crippen LogP contribution < -0.4 is 19.6 Å². The summed E-state index contributed by atoms with van der Waals surface area (Å²) < 4.78 is 22.9. The lowest BCUT2D eigenvalue weighted by Crippen LogP contribution is -2.29. The van der Waals surface area contributed by atoms with Crippen LogP contribution in [0.4, 0.5) is 0 Å². The van der Waals surface area contributed by atoms with Gasteiger partial charge in [-0.15, -0.1) is 0 Å². The van der Waals surface area contributed by atoms with E-state index in [9.17, 15) is 9.59 Å². The Morgan fingerprint density at radius 3 is 2.61 bits per heavy atom. The van der Waals surface area contributed by atoms with E-state index in [1.54, 1.807) is 23.1 Å². The standard InChI is InChI=1S/C30H26ClNO6/c1-2-3-4-13-35-21-9-6-19(7-10-21)27-26-28(33)22-15-20(31)8-12-23(22)38-29(26)30(34)32(27)16-18-5-11-24-25(14-18)37-17-36-24/h5-12,14-15,27H,2-4,13,16-17H2,1H3. The molecular weight excluding hydrogens is 506 g/mol. The number of halogens is 1. The molecule has 1 unspecified atom stereocenters. The van der Waals surface area contributed by atoms with Crippen molar-refractivity contribution in [3.63, 3.8) is 0 Å². The summed E-state index contributed by atoms with van der Waals surface area (Å²) in [4.78, 5) is 29.2. The Morgan fingerprint density at radius 2 is 1.79 bits per heavy atom. The van der Waals surface area contributed by atoms with E-state index in [-0.39, 0.29) is 30.4 Å². The number of hydrogen-bond acceptors (Lipinski definition) is 6. The van der Waals surface area contributed by atoms with Crippen LogP contribution in [-0.2, 0) is 6.54 Å². The van der Waals surface area contributed by atoms with Gasteiger partial charge in [0.2, 0.25) is 12.6 Å². The molecule has 0 spiro atoms. The third-order valence-electron chi connectivity index (χ3n) is 6.93. The predicted octanol–water partition coefficient (Wildman–Crippen LogP) is 6.49. The van der Waals surface area contributed by atoms with Crippen LogP contribution in [0.1, 0.15) is 59.5 Å². The molecule has 1 aromatic heterocycles. The topological polar surface area (TPSA) is 78.2 Å². The van der Waals surface area contributed by atoms with Crippen LogP contribution in [0.2, 0.25) is 5.02 Å². The van der Waals surface area contributed by atoms with Crippen LogP contribution >= 0.6 is 11.6 Å². The average Bonchev–Trinajstić information content (AvgIpc) is 3.50. The summed E-state index contributed by atoms with van der Waals surface area (Å²) in [6.45, 7) is 3.20. The molecule has 3 heterocycles. The monoisotopic (exact) mass is 531 g/mol. The van der Waals surface area contributed by atoms with Gasteiger partial charge in [-0.1, -0.05) is 49.6 Å². The minimum absolute atomic E-state index is 0.0513. The van der Waals surface area contributed by atoms with Gasteiger partial charge in [0.15, 0.2) is 16.9 Å². The molecule has 4 aromatic rings. The number of carbonyl (C=O) groups excluding carboxylic acids is 1. The Balaban J connectivity index is 1.41. The summed E-state index contributed by atoms with van der Waals surface area (Å²) in [5.41, 5.74) is 1.99. The van der Waals surface area contributed by atoms with E-state index < -0.39 is 6.04 Å². The van der Waals surface area contributed by atoms with Gasteiger partial charge in [-0.05, 0) is 60.0 Å². The first kappa shape index (κ1) is 24.4. The Labute approximate surface area is 224 Å². The average molecular weight is 532 g/mol. The Hall–Kier alpha value is -3.97.